The molecule has 2 aromatic carbocycles. The van der Waals surface area contributed by atoms with Gasteiger partial charge in [0, 0.05) is 36.9 Å². The molecule has 31 heavy (non-hydrogen) atoms. The van der Waals surface area contributed by atoms with Gasteiger partial charge in [0.25, 0.3) is 0 Å². The number of carbonyl (C=O) groups is 1. The molecule has 1 atom stereocenters. The Morgan fingerprint density at radius 3 is 2.58 bits per heavy atom. The summed E-state index contributed by atoms with van der Waals surface area (Å²) in [6, 6.07) is 14.3. The number of amides is 1. The van der Waals surface area contributed by atoms with E-state index in [9.17, 15) is 4.79 Å². The van der Waals surface area contributed by atoms with Crippen LogP contribution in [0.25, 0.3) is 5.69 Å². The maximum absolute atomic E-state index is 12.8. The molecule has 1 fully saturated rings. The lowest BCUT2D eigenvalue weighted by Crippen LogP contribution is -2.36. The van der Waals surface area contributed by atoms with Gasteiger partial charge in [-0.25, -0.2) is 4.98 Å². The highest BCUT2D eigenvalue weighted by atomic mass is 32.2. The van der Waals surface area contributed by atoms with Crippen LogP contribution in [0.5, 0.6) is 0 Å². The van der Waals surface area contributed by atoms with Gasteiger partial charge < -0.3 is 15.0 Å². The monoisotopic (exact) mass is 436 g/mol. The molecule has 1 aliphatic heterocycles. The minimum atomic E-state index is -0.286. The number of aromatic nitrogens is 2. The highest BCUT2D eigenvalue weighted by Crippen LogP contribution is 2.27. The SMILES string of the molecule is Cc1ccc(-n2ccnc2S[C@H](C)C(=O)Nc2ccc(N3CCOCC3)cc2)c(C)c1. The molecule has 0 saturated carbocycles. The number of hydrogen-bond donors (Lipinski definition) is 1. The van der Waals surface area contributed by atoms with Crippen LogP contribution in [-0.4, -0.2) is 47.0 Å². The minimum Gasteiger partial charge on any atom is -0.378 e. The lowest BCUT2D eigenvalue weighted by atomic mass is 10.1. The predicted molar refractivity (Wildman–Crippen MR) is 126 cm³/mol. The van der Waals surface area contributed by atoms with Crippen molar-refractivity contribution in [2.75, 3.05) is 36.5 Å². The summed E-state index contributed by atoms with van der Waals surface area (Å²) >= 11 is 1.46. The van der Waals surface area contributed by atoms with Crippen LogP contribution in [0.15, 0.2) is 60.0 Å². The van der Waals surface area contributed by atoms with E-state index in [0.29, 0.717) is 0 Å². The van der Waals surface area contributed by atoms with Gasteiger partial charge in [0.15, 0.2) is 5.16 Å². The lowest BCUT2D eigenvalue weighted by Gasteiger charge is -2.28. The van der Waals surface area contributed by atoms with E-state index in [0.717, 1.165) is 48.5 Å². The van der Waals surface area contributed by atoms with Gasteiger partial charge in [-0.2, -0.15) is 0 Å². The summed E-state index contributed by atoms with van der Waals surface area (Å²) in [5.74, 6) is -0.0423. The van der Waals surface area contributed by atoms with Crippen molar-refractivity contribution < 1.29 is 9.53 Å². The molecule has 1 aromatic heterocycles. The number of rotatable bonds is 6. The quantitative estimate of drug-likeness (QED) is 0.579. The van der Waals surface area contributed by atoms with Gasteiger partial charge in [-0.05, 0) is 56.7 Å². The standard InChI is InChI=1S/C24H28N4O2S/c1-17-4-9-22(18(2)16-17)28-11-10-25-24(28)31-19(3)23(29)26-20-5-7-21(8-6-20)27-12-14-30-15-13-27/h4-11,16,19H,12-15H2,1-3H3,(H,26,29)/t19-/m1/s1. The lowest BCUT2D eigenvalue weighted by molar-refractivity contribution is -0.115. The topological polar surface area (TPSA) is 59.4 Å². The maximum atomic E-state index is 12.8. The summed E-state index contributed by atoms with van der Waals surface area (Å²) in [6.45, 7) is 9.38. The molecule has 0 unspecified atom stereocenters. The number of nitrogens with one attached hydrogen (secondary N) is 1. The number of carbonyl (C=O) groups excluding carboxylic acids is 1. The molecule has 0 bridgehead atoms. The fraction of sp³-hybridized carbons (Fsp3) is 0.333. The third-order valence-corrected chi connectivity index (χ3v) is 6.46. The average Bonchev–Trinajstić information content (AvgIpc) is 3.22. The molecule has 0 radical (unpaired) electrons. The first-order valence-corrected chi connectivity index (χ1v) is 11.4. The zero-order valence-electron chi connectivity index (χ0n) is 18.2. The van der Waals surface area contributed by atoms with Crippen LogP contribution in [-0.2, 0) is 9.53 Å². The molecule has 0 aliphatic carbocycles. The normalized spacial score (nSPS) is 15.0. The Bertz CT molecular complexity index is 1040. The third kappa shape index (κ3) is 5.11. The number of benzene rings is 2. The number of nitrogens with zero attached hydrogens (tertiary/aromatic N) is 3. The van der Waals surface area contributed by atoms with Crippen molar-refractivity contribution in [2.24, 2.45) is 0 Å². The third-order valence-electron chi connectivity index (χ3n) is 5.38. The number of thioether (sulfide) groups is 1. The fourth-order valence-electron chi connectivity index (χ4n) is 3.67. The Morgan fingerprint density at radius 1 is 1.13 bits per heavy atom. The van der Waals surface area contributed by atoms with E-state index >= 15 is 0 Å². The van der Waals surface area contributed by atoms with Crippen LogP contribution in [0.1, 0.15) is 18.1 Å². The Morgan fingerprint density at radius 2 is 1.87 bits per heavy atom. The van der Waals surface area contributed by atoms with Crippen molar-refractivity contribution in [2.45, 2.75) is 31.2 Å². The van der Waals surface area contributed by atoms with Crippen molar-refractivity contribution in [1.82, 2.24) is 9.55 Å². The van der Waals surface area contributed by atoms with Gasteiger partial charge >= 0.3 is 0 Å². The number of imidazole rings is 1. The first kappa shape index (κ1) is 21.5. The van der Waals surface area contributed by atoms with Crippen molar-refractivity contribution in [3.8, 4) is 5.69 Å². The largest absolute Gasteiger partial charge is 0.378 e. The molecule has 7 heteroatoms. The summed E-state index contributed by atoms with van der Waals surface area (Å²) < 4.78 is 7.45. The van der Waals surface area contributed by atoms with Crippen molar-refractivity contribution in [3.05, 3.63) is 66.0 Å². The summed E-state index contributed by atoms with van der Waals surface area (Å²) in [7, 11) is 0. The molecule has 2 heterocycles. The van der Waals surface area contributed by atoms with E-state index in [2.05, 4.69) is 47.2 Å². The molecule has 4 rings (SSSR count). The van der Waals surface area contributed by atoms with E-state index in [1.165, 1.54) is 22.9 Å². The number of ether oxygens (including phenoxy) is 1. The molecule has 3 aromatic rings. The van der Waals surface area contributed by atoms with Crippen LogP contribution in [0.3, 0.4) is 0 Å². The summed E-state index contributed by atoms with van der Waals surface area (Å²) in [5, 5.41) is 3.54. The summed E-state index contributed by atoms with van der Waals surface area (Å²) in [6.07, 6.45) is 3.71. The van der Waals surface area contributed by atoms with E-state index in [-0.39, 0.29) is 11.2 Å². The number of anilines is 2. The van der Waals surface area contributed by atoms with E-state index in [4.69, 9.17) is 4.74 Å². The molecule has 1 amide bonds. The van der Waals surface area contributed by atoms with Gasteiger partial charge in [0.05, 0.1) is 24.2 Å². The van der Waals surface area contributed by atoms with Crippen molar-refractivity contribution in [3.63, 3.8) is 0 Å². The summed E-state index contributed by atoms with van der Waals surface area (Å²) in [4.78, 5) is 19.6. The van der Waals surface area contributed by atoms with E-state index in [1.807, 2.05) is 42.0 Å². The second kappa shape index (κ2) is 9.58. The van der Waals surface area contributed by atoms with Gasteiger partial charge in [0.2, 0.25) is 5.91 Å². The zero-order chi connectivity index (χ0) is 21.8. The Labute approximate surface area is 187 Å². The van der Waals surface area contributed by atoms with Crippen LogP contribution >= 0.6 is 11.8 Å². The molecular weight excluding hydrogens is 408 g/mol. The van der Waals surface area contributed by atoms with Crippen LogP contribution in [0.2, 0.25) is 0 Å². The smallest absolute Gasteiger partial charge is 0.237 e. The highest BCUT2D eigenvalue weighted by molar-refractivity contribution is 8.00. The second-order valence-corrected chi connectivity index (χ2v) is 9.07. The van der Waals surface area contributed by atoms with Gasteiger partial charge in [-0.3, -0.25) is 9.36 Å². The molecular formula is C24H28N4O2S. The molecule has 1 aliphatic rings. The number of hydrogen-bond acceptors (Lipinski definition) is 5. The van der Waals surface area contributed by atoms with E-state index in [1.54, 1.807) is 6.20 Å². The van der Waals surface area contributed by atoms with Crippen molar-refractivity contribution in [1.29, 1.82) is 0 Å². The summed E-state index contributed by atoms with van der Waals surface area (Å²) in [5.41, 5.74) is 5.43. The first-order chi connectivity index (χ1) is 15.0. The molecule has 6 nitrogen and oxygen atoms in total. The van der Waals surface area contributed by atoms with Gasteiger partial charge in [-0.15, -0.1) is 0 Å². The predicted octanol–water partition coefficient (Wildman–Crippen LogP) is 4.45. The van der Waals surface area contributed by atoms with Gasteiger partial charge in [0.1, 0.15) is 0 Å². The minimum absolute atomic E-state index is 0.0423. The van der Waals surface area contributed by atoms with E-state index < -0.39 is 0 Å². The van der Waals surface area contributed by atoms with Crippen LogP contribution in [0, 0.1) is 13.8 Å². The van der Waals surface area contributed by atoms with Crippen LogP contribution in [0.4, 0.5) is 11.4 Å². The zero-order valence-corrected chi connectivity index (χ0v) is 19.0. The second-order valence-electron chi connectivity index (χ2n) is 7.77. The molecule has 162 valence electrons. The number of morpholine rings is 1. The molecule has 0 spiro atoms. The Hall–Kier alpha value is -2.77. The number of aryl methyl sites for hydroxylation is 2. The Balaban J connectivity index is 1.40. The average molecular weight is 437 g/mol. The maximum Gasteiger partial charge on any atom is 0.237 e. The molecule has 1 saturated heterocycles. The Kier molecular flexibility index (Phi) is 6.63. The van der Waals surface area contributed by atoms with Crippen molar-refractivity contribution >= 4 is 29.0 Å². The highest BCUT2D eigenvalue weighted by Gasteiger charge is 2.19. The fourth-order valence-corrected chi connectivity index (χ4v) is 4.55. The first-order valence-electron chi connectivity index (χ1n) is 10.5. The molecule has 1 N–H and O–H groups in total. The van der Waals surface area contributed by atoms with Gasteiger partial charge in [-0.1, -0.05) is 29.5 Å². The van der Waals surface area contributed by atoms with Crippen LogP contribution < -0.4 is 10.2 Å².